The fraction of sp³-hybridized carbons (Fsp3) is 0. The first-order valence-electron chi connectivity index (χ1n) is 7.89. The topological polar surface area (TPSA) is 75.3 Å². The molecule has 0 radical (unpaired) electrons. The second kappa shape index (κ2) is 8.53. The van der Waals surface area contributed by atoms with Gasteiger partial charge < -0.3 is 5.32 Å². The zero-order valence-electron chi connectivity index (χ0n) is 14.1. The number of anilines is 2. The Hall–Kier alpha value is -2.06. The Morgan fingerprint density at radius 3 is 2.29 bits per heavy atom. The summed E-state index contributed by atoms with van der Waals surface area (Å²) >= 11 is 15.2. The summed E-state index contributed by atoms with van der Waals surface area (Å²) in [6.45, 7) is 0. The van der Waals surface area contributed by atoms with Gasteiger partial charge in [-0.05, 0) is 60.7 Å². The summed E-state index contributed by atoms with van der Waals surface area (Å²) in [6, 6.07) is 17.1. The highest BCUT2D eigenvalue weighted by molar-refractivity contribution is 9.10. The first-order valence-corrected chi connectivity index (χ1v) is 10.9. The lowest BCUT2D eigenvalue weighted by Crippen LogP contribution is -2.14. The molecule has 0 fully saturated rings. The Balaban J connectivity index is 1.75. The molecule has 0 aliphatic rings. The molecule has 28 heavy (non-hydrogen) atoms. The van der Waals surface area contributed by atoms with Gasteiger partial charge >= 0.3 is 0 Å². The third-order valence-corrected chi connectivity index (χ3v) is 6.13. The predicted molar refractivity (Wildman–Crippen MR) is 116 cm³/mol. The lowest BCUT2D eigenvalue weighted by Gasteiger charge is -2.10. The van der Waals surface area contributed by atoms with Crippen molar-refractivity contribution >= 4 is 66.4 Å². The summed E-state index contributed by atoms with van der Waals surface area (Å²) in [5, 5.41) is 3.42. The van der Waals surface area contributed by atoms with E-state index in [1.807, 2.05) is 0 Å². The minimum Gasteiger partial charge on any atom is -0.322 e. The number of benzene rings is 3. The summed E-state index contributed by atoms with van der Waals surface area (Å²) in [4.78, 5) is 12.4. The van der Waals surface area contributed by atoms with Crippen molar-refractivity contribution in [2.75, 3.05) is 10.0 Å². The summed E-state index contributed by atoms with van der Waals surface area (Å²) in [6.07, 6.45) is 0. The van der Waals surface area contributed by atoms with Gasteiger partial charge in [0.05, 0.1) is 21.2 Å². The highest BCUT2D eigenvalue weighted by Gasteiger charge is 2.15. The Labute approximate surface area is 180 Å². The Morgan fingerprint density at radius 2 is 1.61 bits per heavy atom. The van der Waals surface area contributed by atoms with Crippen LogP contribution in [0, 0.1) is 0 Å². The maximum Gasteiger partial charge on any atom is 0.261 e. The predicted octanol–water partition coefficient (Wildman–Crippen LogP) is 5.81. The third kappa shape index (κ3) is 5.05. The lowest BCUT2D eigenvalue weighted by atomic mass is 10.2. The number of amides is 1. The molecule has 3 rings (SSSR count). The lowest BCUT2D eigenvalue weighted by molar-refractivity contribution is 0.102. The average Bonchev–Trinajstić information content (AvgIpc) is 2.64. The molecule has 0 atom stereocenters. The standard InChI is InChI=1S/C19H13BrCl2N2O3S/c20-12-4-9-18(22)17(10-12)19(25)23-14-5-7-16(8-6-14)28(26,27)24-15-3-1-2-13(21)11-15/h1-11,24H,(H,23,25). The Kier molecular flexibility index (Phi) is 6.30. The molecule has 0 aromatic heterocycles. The summed E-state index contributed by atoms with van der Waals surface area (Å²) in [7, 11) is -3.79. The van der Waals surface area contributed by atoms with Crippen molar-refractivity contribution in [2.45, 2.75) is 4.90 Å². The van der Waals surface area contributed by atoms with Crippen LogP contribution in [0.5, 0.6) is 0 Å². The van der Waals surface area contributed by atoms with Gasteiger partial charge in [0.25, 0.3) is 15.9 Å². The van der Waals surface area contributed by atoms with E-state index in [-0.39, 0.29) is 4.90 Å². The summed E-state index contributed by atoms with van der Waals surface area (Å²) in [5.41, 5.74) is 1.09. The Bertz CT molecular complexity index is 1140. The quantitative estimate of drug-likeness (QED) is 0.465. The van der Waals surface area contributed by atoms with Gasteiger partial charge in [0.1, 0.15) is 0 Å². The van der Waals surface area contributed by atoms with E-state index in [2.05, 4.69) is 26.0 Å². The van der Waals surface area contributed by atoms with Gasteiger partial charge in [-0.25, -0.2) is 8.42 Å². The van der Waals surface area contributed by atoms with E-state index in [4.69, 9.17) is 23.2 Å². The van der Waals surface area contributed by atoms with Gasteiger partial charge in [-0.3, -0.25) is 9.52 Å². The first-order chi connectivity index (χ1) is 13.2. The highest BCUT2D eigenvalue weighted by Crippen LogP contribution is 2.24. The van der Waals surface area contributed by atoms with Crippen LogP contribution in [0.4, 0.5) is 11.4 Å². The zero-order chi connectivity index (χ0) is 20.3. The van der Waals surface area contributed by atoms with E-state index in [9.17, 15) is 13.2 Å². The smallest absolute Gasteiger partial charge is 0.261 e. The summed E-state index contributed by atoms with van der Waals surface area (Å²) in [5.74, 6) is -0.404. The van der Waals surface area contributed by atoms with Crippen molar-refractivity contribution in [2.24, 2.45) is 0 Å². The second-order valence-electron chi connectivity index (χ2n) is 5.72. The summed E-state index contributed by atoms with van der Waals surface area (Å²) < 4.78 is 28.1. The van der Waals surface area contributed by atoms with Crippen molar-refractivity contribution in [1.82, 2.24) is 0 Å². The van der Waals surface area contributed by atoms with Crippen LogP contribution in [0.2, 0.25) is 10.0 Å². The van der Waals surface area contributed by atoms with Crippen molar-refractivity contribution < 1.29 is 13.2 Å². The number of sulfonamides is 1. The van der Waals surface area contributed by atoms with Crippen LogP contribution >= 0.6 is 39.1 Å². The number of carbonyl (C=O) groups excluding carboxylic acids is 1. The first kappa shape index (κ1) is 20.7. The van der Waals surface area contributed by atoms with E-state index in [0.717, 1.165) is 4.47 Å². The van der Waals surface area contributed by atoms with Crippen LogP contribution < -0.4 is 10.0 Å². The molecule has 5 nitrogen and oxygen atoms in total. The highest BCUT2D eigenvalue weighted by atomic mass is 79.9. The molecule has 0 spiro atoms. The second-order valence-corrected chi connectivity index (χ2v) is 9.16. The van der Waals surface area contributed by atoms with Gasteiger partial charge in [-0.2, -0.15) is 0 Å². The van der Waals surface area contributed by atoms with Crippen LogP contribution in [0.3, 0.4) is 0 Å². The fourth-order valence-electron chi connectivity index (χ4n) is 2.35. The molecule has 0 bridgehead atoms. The van der Waals surface area contributed by atoms with Crippen molar-refractivity contribution in [3.8, 4) is 0 Å². The molecule has 1 amide bonds. The number of rotatable bonds is 5. The van der Waals surface area contributed by atoms with Crippen LogP contribution in [0.25, 0.3) is 0 Å². The van der Waals surface area contributed by atoms with E-state index in [1.165, 1.54) is 30.3 Å². The van der Waals surface area contributed by atoms with Gasteiger partial charge in [-0.15, -0.1) is 0 Å². The maximum atomic E-state index is 12.5. The zero-order valence-corrected chi connectivity index (χ0v) is 18.0. The molecular formula is C19H13BrCl2N2O3S. The monoisotopic (exact) mass is 498 g/mol. The van der Waals surface area contributed by atoms with E-state index in [1.54, 1.807) is 36.4 Å². The Morgan fingerprint density at radius 1 is 0.893 bits per heavy atom. The number of carbonyl (C=O) groups is 1. The molecule has 3 aromatic rings. The molecule has 0 saturated carbocycles. The van der Waals surface area contributed by atoms with Gasteiger partial charge in [0.2, 0.25) is 0 Å². The van der Waals surface area contributed by atoms with Crippen LogP contribution in [-0.2, 0) is 10.0 Å². The largest absolute Gasteiger partial charge is 0.322 e. The molecule has 0 saturated heterocycles. The van der Waals surface area contributed by atoms with Crippen molar-refractivity contribution in [3.63, 3.8) is 0 Å². The molecule has 0 heterocycles. The molecule has 0 unspecified atom stereocenters. The third-order valence-electron chi connectivity index (χ3n) is 3.67. The number of halogens is 3. The molecule has 0 aliphatic carbocycles. The van der Waals surface area contributed by atoms with E-state index in [0.29, 0.717) is 27.0 Å². The SMILES string of the molecule is O=C(Nc1ccc(S(=O)(=O)Nc2cccc(Cl)c2)cc1)c1cc(Br)ccc1Cl. The average molecular weight is 500 g/mol. The molecule has 144 valence electrons. The number of hydrogen-bond acceptors (Lipinski definition) is 3. The number of hydrogen-bond donors (Lipinski definition) is 2. The molecule has 9 heteroatoms. The van der Waals surface area contributed by atoms with Gasteiger partial charge in [0.15, 0.2) is 0 Å². The van der Waals surface area contributed by atoms with Gasteiger partial charge in [0, 0.05) is 15.2 Å². The van der Waals surface area contributed by atoms with Gasteiger partial charge in [-0.1, -0.05) is 45.2 Å². The minimum atomic E-state index is -3.79. The van der Waals surface area contributed by atoms with Crippen LogP contribution in [-0.4, -0.2) is 14.3 Å². The van der Waals surface area contributed by atoms with Crippen molar-refractivity contribution in [3.05, 3.63) is 86.8 Å². The molecule has 3 aromatic carbocycles. The van der Waals surface area contributed by atoms with E-state index >= 15 is 0 Å². The van der Waals surface area contributed by atoms with Crippen LogP contribution in [0.15, 0.2) is 76.1 Å². The van der Waals surface area contributed by atoms with Crippen molar-refractivity contribution in [1.29, 1.82) is 0 Å². The molecule has 0 aliphatic heterocycles. The minimum absolute atomic E-state index is 0.0472. The van der Waals surface area contributed by atoms with Crippen LogP contribution in [0.1, 0.15) is 10.4 Å². The molecular weight excluding hydrogens is 487 g/mol. The maximum absolute atomic E-state index is 12.5. The number of nitrogens with one attached hydrogen (secondary N) is 2. The normalized spacial score (nSPS) is 11.1. The van der Waals surface area contributed by atoms with E-state index < -0.39 is 15.9 Å². The fourth-order valence-corrected chi connectivity index (χ4v) is 4.16. The molecule has 2 N–H and O–H groups in total.